The molecule has 26 heavy (non-hydrogen) atoms. The SMILES string of the molecule is CCOc1cc(/C=C/C(=O)c2cccc(C)c2)ccc1OC1CCCC1. The van der Waals surface area contributed by atoms with Crippen molar-refractivity contribution in [2.45, 2.75) is 45.6 Å². The summed E-state index contributed by atoms with van der Waals surface area (Å²) >= 11 is 0. The van der Waals surface area contributed by atoms with Gasteiger partial charge < -0.3 is 9.47 Å². The van der Waals surface area contributed by atoms with Gasteiger partial charge in [-0.25, -0.2) is 0 Å². The van der Waals surface area contributed by atoms with Crippen LogP contribution in [0.2, 0.25) is 0 Å². The second-order valence-corrected chi connectivity index (χ2v) is 6.73. The molecule has 0 N–H and O–H groups in total. The molecule has 2 aromatic carbocycles. The second kappa shape index (κ2) is 8.70. The molecule has 0 spiro atoms. The van der Waals surface area contributed by atoms with Gasteiger partial charge in [-0.1, -0.05) is 35.9 Å². The topological polar surface area (TPSA) is 35.5 Å². The molecule has 1 aliphatic rings. The Balaban J connectivity index is 1.74. The van der Waals surface area contributed by atoms with Crippen LogP contribution in [-0.2, 0) is 0 Å². The van der Waals surface area contributed by atoms with E-state index in [4.69, 9.17) is 9.47 Å². The zero-order chi connectivity index (χ0) is 18.4. The van der Waals surface area contributed by atoms with Crippen LogP contribution in [0.25, 0.3) is 6.08 Å². The Labute approximate surface area is 155 Å². The maximum atomic E-state index is 12.3. The Morgan fingerprint density at radius 1 is 1.12 bits per heavy atom. The number of ether oxygens (including phenoxy) is 2. The fourth-order valence-electron chi connectivity index (χ4n) is 3.25. The van der Waals surface area contributed by atoms with Crippen LogP contribution >= 0.6 is 0 Å². The first-order chi connectivity index (χ1) is 12.7. The van der Waals surface area contributed by atoms with E-state index in [9.17, 15) is 4.79 Å². The molecule has 0 aromatic heterocycles. The van der Waals surface area contributed by atoms with Crippen molar-refractivity contribution in [3.8, 4) is 11.5 Å². The van der Waals surface area contributed by atoms with Gasteiger partial charge in [-0.2, -0.15) is 0 Å². The van der Waals surface area contributed by atoms with E-state index in [1.165, 1.54) is 12.8 Å². The molecule has 3 heteroatoms. The molecule has 1 aliphatic carbocycles. The van der Waals surface area contributed by atoms with E-state index in [2.05, 4.69) is 0 Å². The Bertz CT molecular complexity index is 786. The van der Waals surface area contributed by atoms with Crippen LogP contribution < -0.4 is 9.47 Å². The third-order valence-electron chi connectivity index (χ3n) is 4.59. The third kappa shape index (κ3) is 4.75. The van der Waals surface area contributed by atoms with Gasteiger partial charge in [0, 0.05) is 5.56 Å². The van der Waals surface area contributed by atoms with Gasteiger partial charge in [-0.3, -0.25) is 4.79 Å². The normalized spacial score (nSPS) is 14.7. The molecule has 0 saturated heterocycles. The van der Waals surface area contributed by atoms with Crippen molar-refractivity contribution in [1.82, 2.24) is 0 Å². The summed E-state index contributed by atoms with van der Waals surface area (Å²) < 4.78 is 11.9. The van der Waals surface area contributed by atoms with Gasteiger partial charge in [0.2, 0.25) is 0 Å². The lowest BCUT2D eigenvalue weighted by atomic mass is 10.1. The van der Waals surface area contributed by atoms with Crippen LogP contribution in [-0.4, -0.2) is 18.5 Å². The molecule has 3 rings (SSSR count). The number of hydrogen-bond donors (Lipinski definition) is 0. The standard InChI is InChI=1S/C23H26O3/c1-3-25-23-16-18(12-14-22(23)26-20-9-4-5-10-20)11-13-21(24)19-8-6-7-17(2)15-19/h6-8,11-16,20H,3-5,9-10H2,1-2H3/b13-11+. The third-order valence-corrected chi connectivity index (χ3v) is 4.59. The van der Waals surface area contributed by atoms with Crippen LogP contribution in [0.5, 0.6) is 11.5 Å². The molecule has 0 unspecified atom stereocenters. The van der Waals surface area contributed by atoms with Crippen molar-refractivity contribution < 1.29 is 14.3 Å². The lowest BCUT2D eigenvalue weighted by Crippen LogP contribution is -2.11. The average molecular weight is 350 g/mol. The Morgan fingerprint density at radius 2 is 1.92 bits per heavy atom. The quantitative estimate of drug-likeness (QED) is 0.481. The molecule has 3 nitrogen and oxygen atoms in total. The minimum Gasteiger partial charge on any atom is -0.490 e. The number of allylic oxidation sites excluding steroid dienone is 1. The molecule has 136 valence electrons. The Hall–Kier alpha value is -2.55. The fraction of sp³-hybridized carbons (Fsp3) is 0.348. The minimum absolute atomic E-state index is 0.00191. The summed E-state index contributed by atoms with van der Waals surface area (Å²) in [5.41, 5.74) is 2.71. The average Bonchev–Trinajstić information content (AvgIpc) is 3.15. The first kappa shape index (κ1) is 18.2. The largest absolute Gasteiger partial charge is 0.490 e. The van der Waals surface area contributed by atoms with Gasteiger partial charge in [-0.15, -0.1) is 0 Å². The van der Waals surface area contributed by atoms with Gasteiger partial charge in [0.1, 0.15) is 0 Å². The zero-order valence-corrected chi connectivity index (χ0v) is 15.5. The number of carbonyl (C=O) groups is 1. The summed E-state index contributed by atoms with van der Waals surface area (Å²) in [4.78, 5) is 12.3. The smallest absolute Gasteiger partial charge is 0.185 e. The summed E-state index contributed by atoms with van der Waals surface area (Å²) in [7, 11) is 0. The Kier molecular flexibility index (Phi) is 6.11. The van der Waals surface area contributed by atoms with Crippen molar-refractivity contribution in [2.24, 2.45) is 0 Å². The highest BCUT2D eigenvalue weighted by Crippen LogP contribution is 2.33. The summed E-state index contributed by atoms with van der Waals surface area (Å²) in [6.45, 7) is 4.53. The predicted octanol–water partition coefficient (Wildman–Crippen LogP) is 5.61. The van der Waals surface area contributed by atoms with Crippen molar-refractivity contribution >= 4 is 11.9 Å². The number of ketones is 1. The van der Waals surface area contributed by atoms with Crippen LogP contribution in [0.3, 0.4) is 0 Å². The van der Waals surface area contributed by atoms with Gasteiger partial charge in [0.15, 0.2) is 17.3 Å². The van der Waals surface area contributed by atoms with Crippen molar-refractivity contribution in [3.05, 3.63) is 65.2 Å². The molecular weight excluding hydrogens is 324 g/mol. The van der Waals surface area contributed by atoms with Crippen molar-refractivity contribution in [3.63, 3.8) is 0 Å². The van der Waals surface area contributed by atoms with Crippen molar-refractivity contribution in [2.75, 3.05) is 6.61 Å². The van der Waals surface area contributed by atoms with E-state index in [0.29, 0.717) is 18.3 Å². The summed E-state index contributed by atoms with van der Waals surface area (Å²) in [5.74, 6) is 1.53. The van der Waals surface area contributed by atoms with Crippen LogP contribution in [0, 0.1) is 6.92 Å². The number of rotatable bonds is 7. The summed E-state index contributed by atoms with van der Waals surface area (Å²) in [6.07, 6.45) is 8.41. The molecule has 0 amide bonds. The van der Waals surface area contributed by atoms with E-state index in [1.807, 2.05) is 62.4 Å². The van der Waals surface area contributed by atoms with E-state index in [0.717, 1.165) is 35.5 Å². The Morgan fingerprint density at radius 3 is 2.65 bits per heavy atom. The van der Waals surface area contributed by atoms with Gasteiger partial charge in [-0.05, 0) is 69.4 Å². The number of hydrogen-bond acceptors (Lipinski definition) is 3. The molecule has 1 fully saturated rings. The molecule has 1 saturated carbocycles. The summed E-state index contributed by atoms with van der Waals surface area (Å²) in [5, 5.41) is 0. The number of benzene rings is 2. The highest BCUT2D eigenvalue weighted by Gasteiger charge is 2.18. The van der Waals surface area contributed by atoms with Gasteiger partial charge in [0.25, 0.3) is 0 Å². The van der Waals surface area contributed by atoms with Crippen LogP contribution in [0.1, 0.15) is 54.1 Å². The second-order valence-electron chi connectivity index (χ2n) is 6.73. The highest BCUT2D eigenvalue weighted by atomic mass is 16.5. The monoisotopic (exact) mass is 350 g/mol. The minimum atomic E-state index is -0.00191. The van der Waals surface area contributed by atoms with Crippen LogP contribution in [0.15, 0.2) is 48.5 Å². The molecule has 0 bridgehead atoms. The van der Waals surface area contributed by atoms with E-state index < -0.39 is 0 Å². The van der Waals surface area contributed by atoms with Gasteiger partial charge >= 0.3 is 0 Å². The number of aryl methyl sites for hydroxylation is 1. The summed E-state index contributed by atoms with van der Waals surface area (Å²) in [6, 6.07) is 13.5. The molecular formula is C23H26O3. The number of carbonyl (C=O) groups excluding carboxylic acids is 1. The van der Waals surface area contributed by atoms with E-state index in [1.54, 1.807) is 6.08 Å². The van der Waals surface area contributed by atoms with Crippen molar-refractivity contribution in [1.29, 1.82) is 0 Å². The van der Waals surface area contributed by atoms with E-state index >= 15 is 0 Å². The van der Waals surface area contributed by atoms with E-state index in [-0.39, 0.29) is 5.78 Å². The molecule has 2 aromatic rings. The molecule has 0 atom stereocenters. The maximum absolute atomic E-state index is 12.3. The predicted molar refractivity (Wildman–Crippen MR) is 105 cm³/mol. The lowest BCUT2D eigenvalue weighted by Gasteiger charge is -2.17. The lowest BCUT2D eigenvalue weighted by molar-refractivity contribution is 0.104. The molecule has 0 radical (unpaired) electrons. The first-order valence-corrected chi connectivity index (χ1v) is 9.38. The van der Waals surface area contributed by atoms with Crippen LogP contribution in [0.4, 0.5) is 0 Å². The molecule has 0 aliphatic heterocycles. The zero-order valence-electron chi connectivity index (χ0n) is 15.5. The maximum Gasteiger partial charge on any atom is 0.185 e. The fourth-order valence-corrected chi connectivity index (χ4v) is 3.25. The van der Waals surface area contributed by atoms with Gasteiger partial charge in [0.05, 0.1) is 12.7 Å². The first-order valence-electron chi connectivity index (χ1n) is 9.38. The highest BCUT2D eigenvalue weighted by molar-refractivity contribution is 6.06. The molecule has 0 heterocycles.